The molecule has 0 unspecified atom stereocenters. The average molecular weight is 557 g/mol. The van der Waals surface area contributed by atoms with Crippen LogP contribution in [0.2, 0.25) is 5.02 Å². The highest BCUT2D eigenvalue weighted by molar-refractivity contribution is 6.31. The molecule has 2 aromatic carbocycles. The topological polar surface area (TPSA) is 125 Å². The summed E-state index contributed by atoms with van der Waals surface area (Å²) in [5.74, 6) is -0.439. The molecule has 0 aromatic heterocycles. The third-order valence-electron chi connectivity index (χ3n) is 6.49. The lowest BCUT2D eigenvalue weighted by atomic mass is 9.86. The Morgan fingerprint density at radius 2 is 1.82 bits per heavy atom. The maximum absolute atomic E-state index is 12.8. The second-order valence-corrected chi connectivity index (χ2v) is 9.35. The Morgan fingerprint density at radius 1 is 1.18 bits per heavy atom. The van der Waals surface area contributed by atoms with Gasteiger partial charge in [-0.1, -0.05) is 29.8 Å². The molecule has 1 fully saturated rings. The minimum atomic E-state index is -4.51. The highest BCUT2D eigenvalue weighted by atomic mass is 35.5. The molecule has 1 aliphatic rings. The van der Waals surface area contributed by atoms with Gasteiger partial charge in [0.05, 0.1) is 17.7 Å². The number of amides is 3. The first-order chi connectivity index (χ1) is 18.0. The summed E-state index contributed by atoms with van der Waals surface area (Å²) in [5.41, 5.74) is 4.54. The fourth-order valence-electron chi connectivity index (χ4n) is 4.19. The smallest absolute Gasteiger partial charge is 0.416 e. The number of nitrogens with one attached hydrogen (secondary N) is 1. The summed E-state index contributed by atoms with van der Waals surface area (Å²) >= 11 is 6.28. The van der Waals surface area contributed by atoms with Crippen LogP contribution in [0, 0.1) is 0 Å². The molecule has 1 atom stereocenters. The fraction of sp³-hybridized carbons (Fsp3) is 0.400. The van der Waals surface area contributed by atoms with Gasteiger partial charge in [0.25, 0.3) is 0 Å². The molecular formula is C25H28ClF3N4O5. The Kier molecular flexibility index (Phi) is 9.58. The maximum Gasteiger partial charge on any atom is 0.416 e. The third-order valence-corrected chi connectivity index (χ3v) is 6.85. The van der Waals surface area contributed by atoms with E-state index in [-0.39, 0.29) is 44.8 Å². The number of hydrogen-bond donors (Lipinski definition) is 3. The van der Waals surface area contributed by atoms with Crippen molar-refractivity contribution in [3.8, 4) is 0 Å². The molecule has 0 bridgehead atoms. The second-order valence-electron chi connectivity index (χ2n) is 8.94. The number of aliphatic hydroxyl groups excluding tert-OH is 1. The van der Waals surface area contributed by atoms with Crippen LogP contribution in [-0.2, 0) is 27.0 Å². The number of hydrogen-bond acceptors (Lipinski definition) is 6. The Morgan fingerprint density at radius 3 is 2.37 bits per heavy atom. The van der Waals surface area contributed by atoms with E-state index in [2.05, 4.69) is 5.32 Å². The lowest BCUT2D eigenvalue weighted by molar-refractivity contribution is -0.140. The van der Waals surface area contributed by atoms with Gasteiger partial charge in [0.2, 0.25) is 12.3 Å². The molecule has 0 radical (unpaired) electrons. The number of likely N-dealkylation sites (tertiary alicyclic amines) is 1. The van der Waals surface area contributed by atoms with E-state index in [9.17, 15) is 32.7 Å². The molecule has 3 amide bonds. The number of nitrogens with zero attached hydrogens (tertiary/aromatic N) is 2. The Labute approximate surface area is 222 Å². The van der Waals surface area contributed by atoms with Gasteiger partial charge in [-0.05, 0) is 48.7 Å². The largest absolute Gasteiger partial charge is 0.447 e. The summed E-state index contributed by atoms with van der Waals surface area (Å²) in [4.78, 5) is 40.1. The first kappa shape index (κ1) is 29.2. The molecule has 0 aliphatic carbocycles. The zero-order chi connectivity index (χ0) is 27.9. The predicted octanol–water partition coefficient (Wildman–Crippen LogP) is 3.25. The van der Waals surface area contributed by atoms with Crippen LogP contribution in [0.5, 0.6) is 0 Å². The number of alkyl halides is 3. The summed E-state index contributed by atoms with van der Waals surface area (Å²) in [5, 5.41) is 12.0. The van der Waals surface area contributed by atoms with Crippen LogP contribution in [-0.4, -0.2) is 71.2 Å². The van der Waals surface area contributed by atoms with E-state index in [1.54, 1.807) is 24.3 Å². The number of carbonyl (C=O) groups is 3. The number of anilines is 1. The summed E-state index contributed by atoms with van der Waals surface area (Å²) in [6, 6.07) is 9.74. The highest BCUT2D eigenvalue weighted by Gasteiger charge is 2.42. The van der Waals surface area contributed by atoms with Crippen LogP contribution in [0.25, 0.3) is 0 Å². The average Bonchev–Trinajstić information content (AvgIpc) is 2.90. The van der Waals surface area contributed by atoms with Gasteiger partial charge in [-0.15, -0.1) is 0 Å². The molecule has 1 heterocycles. The first-order valence-corrected chi connectivity index (χ1v) is 12.1. The molecule has 0 saturated carbocycles. The standard InChI is InChI=1S/C25H28ClF3N4O5/c26-20-4-2-1-3-17(20)13-33(16-35)24(9-11-32(12-10-24)22(36)21(30)14-34)15-38-23(37)31-19-7-5-18(6-8-19)25(27,28)29/h1-8,16,21,34H,9-15,30H2,(H,31,37)/t21-/m0/s1. The fourth-order valence-corrected chi connectivity index (χ4v) is 4.39. The molecule has 38 heavy (non-hydrogen) atoms. The van der Waals surface area contributed by atoms with Gasteiger partial charge in [-0.3, -0.25) is 14.9 Å². The van der Waals surface area contributed by atoms with E-state index >= 15 is 0 Å². The van der Waals surface area contributed by atoms with Crippen LogP contribution in [0.15, 0.2) is 48.5 Å². The normalized spacial score (nSPS) is 15.9. The zero-order valence-corrected chi connectivity index (χ0v) is 21.0. The summed E-state index contributed by atoms with van der Waals surface area (Å²) < 4.78 is 43.8. The quantitative estimate of drug-likeness (QED) is 0.407. The van der Waals surface area contributed by atoms with Gasteiger partial charge < -0.3 is 25.4 Å². The molecule has 3 rings (SSSR count). The van der Waals surface area contributed by atoms with Gasteiger partial charge in [-0.2, -0.15) is 13.2 Å². The summed E-state index contributed by atoms with van der Waals surface area (Å²) in [6.07, 6.45) is -4.35. The second kappa shape index (κ2) is 12.5. The summed E-state index contributed by atoms with van der Waals surface area (Å²) in [7, 11) is 0. The van der Waals surface area contributed by atoms with Gasteiger partial charge >= 0.3 is 12.3 Å². The first-order valence-electron chi connectivity index (χ1n) is 11.7. The molecule has 1 saturated heterocycles. The van der Waals surface area contributed by atoms with Gasteiger partial charge in [0.1, 0.15) is 12.6 Å². The van der Waals surface area contributed by atoms with Crippen molar-refractivity contribution in [3.05, 3.63) is 64.7 Å². The number of halogens is 4. The van der Waals surface area contributed by atoms with Crippen molar-refractivity contribution in [1.82, 2.24) is 9.80 Å². The number of carbonyl (C=O) groups excluding carboxylic acids is 3. The lowest BCUT2D eigenvalue weighted by Gasteiger charge is -2.47. The highest BCUT2D eigenvalue weighted by Crippen LogP contribution is 2.32. The van der Waals surface area contributed by atoms with Gasteiger partial charge in [0.15, 0.2) is 0 Å². The van der Waals surface area contributed by atoms with E-state index < -0.39 is 41.9 Å². The number of nitrogens with two attached hydrogens (primary N) is 1. The van der Waals surface area contributed by atoms with Crippen molar-refractivity contribution < 1.29 is 37.4 Å². The molecule has 4 N–H and O–H groups in total. The van der Waals surface area contributed by atoms with Crippen molar-refractivity contribution >= 4 is 35.7 Å². The summed E-state index contributed by atoms with van der Waals surface area (Å²) in [6.45, 7) is -0.291. The number of rotatable bonds is 9. The van der Waals surface area contributed by atoms with Crippen LogP contribution < -0.4 is 11.1 Å². The predicted molar refractivity (Wildman–Crippen MR) is 133 cm³/mol. The van der Waals surface area contributed by atoms with Crippen molar-refractivity contribution in [1.29, 1.82) is 0 Å². The van der Waals surface area contributed by atoms with Crippen molar-refractivity contribution in [2.45, 2.75) is 37.1 Å². The zero-order valence-electron chi connectivity index (χ0n) is 20.3. The van der Waals surface area contributed by atoms with E-state index in [4.69, 9.17) is 22.1 Å². The number of piperidine rings is 1. The Balaban J connectivity index is 1.75. The molecule has 13 heteroatoms. The molecule has 206 valence electrons. The minimum absolute atomic E-state index is 0.0961. The molecule has 0 spiro atoms. The minimum Gasteiger partial charge on any atom is -0.447 e. The maximum atomic E-state index is 12.8. The Hall–Kier alpha value is -3.35. The van der Waals surface area contributed by atoms with Crippen LogP contribution >= 0.6 is 11.6 Å². The third kappa shape index (κ3) is 7.15. The van der Waals surface area contributed by atoms with E-state index in [1.807, 2.05) is 0 Å². The SMILES string of the molecule is N[C@@H](CO)C(=O)N1CCC(COC(=O)Nc2ccc(C(F)(F)F)cc2)(N(C=O)Cc2ccccc2Cl)CC1. The number of ether oxygens (including phenoxy) is 1. The van der Waals surface area contributed by atoms with Gasteiger partial charge in [-0.25, -0.2) is 4.79 Å². The van der Waals surface area contributed by atoms with Crippen LogP contribution in [0.4, 0.5) is 23.7 Å². The van der Waals surface area contributed by atoms with Gasteiger partial charge in [0, 0.05) is 30.3 Å². The van der Waals surface area contributed by atoms with E-state index in [1.165, 1.54) is 9.80 Å². The molecule has 1 aliphatic heterocycles. The van der Waals surface area contributed by atoms with Crippen molar-refractivity contribution in [3.63, 3.8) is 0 Å². The molecule has 9 nitrogen and oxygen atoms in total. The van der Waals surface area contributed by atoms with E-state index in [0.717, 1.165) is 24.3 Å². The molecular weight excluding hydrogens is 529 g/mol. The monoisotopic (exact) mass is 556 g/mol. The van der Waals surface area contributed by atoms with Crippen LogP contribution in [0.1, 0.15) is 24.0 Å². The molecule has 2 aromatic rings. The number of aliphatic hydroxyl groups is 1. The number of benzene rings is 2. The van der Waals surface area contributed by atoms with Crippen molar-refractivity contribution in [2.24, 2.45) is 5.73 Å². The lowest BCUT2D eigenvalue weighted by Crippen LogP contribution is -2.60. The Bertz CT molecular complexity index is 1120. The van der Waals surface area contributed by atoms with Crippen molar-refractivity contribution in [2.75, 3.05) is 31.6 Å². The van der Waals surface area contributed by atoms with Crippen LogP contribution in [0.3, 0.4) is 0 Å². The van der Waals surface area contributed by atoms with E-state index in [0.29, 0.717) is 17.0 Å².